The van der Waals surface area contributed by atoms with E-state index in [0.29, 0.717) is 12.4 Å². The van der Waals surface area contributed by atoms with Gasteiger partial charge in [0.2, 0.25) is 0 Å². The number of hydrogen-bond donors (Lipinski definition) is 1. The first-order chi connectivity index (χ1) is 9.86. The number of nitrogens with one attached hydrogen (secondary N) is 1. The maximum atomic E-state index is 10.7. The number of aromatic nitrogens is 3. The quantitative estimate of drug-likeness (QED) is 0.675. The molecule has 1 N–H and O–H groups in total. The molecule has 2 rings (SSSR count). The summed E-state index contributed by atoms with van der Waals surface area (Å²) < 4.78 is 1.94. The molecule has 2 aromatic heterocycles. The average Bonchev–Trinajstić information content (AvgIpc) is 2.70. The first-order valence-electron chi connectivity index (χ1n) is 6.75. The van der Waals surface area contributed by atoms with Gasteiger partial charge in [-0.2, -0.15) is 5.10 Å². The number of pyridine rings is 1. The van der Waals surface area contributed by atoms with Gasteiger partial charge in [-0.1, -0.05) is 0 Å². The Morgan fingerprint density at radius 2 is 2.10 bits per heavy atom. The SMILES string of the molecule is Cc1cc(C)n(C[C@H](C)Nc2ncc([N+](=O)[O-])cc2C)n1. The molecule has 0 unspecified atom stereocenters. The lowest BCUT2D eigenvalue weighted by atomic mass is 10.2. The monoisotopic (exact) mass is 289 g/mol. The topological polar surface area (TPSA) is 85.9 Å². The van der Waals surface area contributed by atoms with Crippen LogP contribution in [0.25, 0.3) is 0 Å². The predicted molar refractivity (Wildman–Crippen MR) is 80.4 cm³/mol. The molecule has 0 radical (unpaired) electrons. The standard InChI is InChI=1S/C14H19N5O2/c1-9-5-13(19(20)21)7-15-14(9)16-11(3)8-18-12(4)6-10(2)17-18/h5-7,11H,8H2,1-4H3,(H,15,16)/t11-/m0/s1. The number of aryl methyl sites for hydroxylation is 3. The summed E-state index contributed by atoms with van der Waals surface area (Å²) in [4.78, 5) is 14.4. The molecule has 0 saturated heterocycles. The molecule has 0 aliphatic heterocycles. The fraction of sp³-hybridized carbons (Fsp3) is 0.429. The van der Waals surface area contributed by atoms with Gasteiger partial charge in [0, 0.05) is 17.8 Å². The van der Waals surface area contributed by atoms with E-state index in [1.165, 1.54) is 12.3 Å². The van der Waals surface area contributed by atoms with Crippen LogP contribution in [0.2, 0.25) is 0 Å². The highest BCUT2D eigenvalue weighted by atomic mass is 16.6. The van der Waals surface area contributed by atoms with Crippen LogP contribution in [-0.4, -0.2) is 25.7 Å². The van der Waals surface area contributed by atoms with Gasteiger partial charge in [0.25, 0.3) is 5.69 Å². The van der Waals surface area contributed by atoms with Crippen molar-refractivity contribution < 1.29 is 4.92 Å². The van der Waals surface area contributed by atoms with E-state index >= 15 is 0 Å². The molecule has 1 atom stereocenters. The third kappa shape index (κ3) is 3.56. The molecule has 0 aromatic carbocycles. The van der Waals surface area contributed by atoms with Crippen molar-refractivity contribution in [1.29, 1.82) is 0 Å². The number of anilines is 1. The van der Waals surface area contributed by atoms with Gasteiger partial charge in [0.1, 0.15) is 12.0 Å². The molecule has 0 aliphatic carbocycles. The predicted octanol–water partition coefficient (Wildman–Crippen LogP) is 2.61. The largest absolute Gasteiger partial charge is 0.366 e. The molecule has 0 amide bonds. The van der Waals surface area contributed by atoms with Crippen LogP contribution in [0, 0.1) is 30.9 Å². The Balaban J connectivity index is 2.07. The Labute approximate surface area is 123 Å². The first kappa shape index (κ1) is 15.0. The van der Waals surface area contributed by atoms with E-state index in [2.05, 4.69) is 15.4 Å². The summed E-state index contributed by atoms with van der Waals surface area (Å²) in [5.74, 6) is 0.662. The molecule has 0 fully saturated rings. The van der Waals surface area contributed by atoms with Gasteiger partial charge in [-0.05, 0) is 39.3 Å². The van der Waals surface area contributed by atoms with Crippen molar-refractivity contribution in [1.82, 2.24) is 14.8 Å². The van der Waals surface area contributed by atoms with Gasteiger partial charge in [0.05, 0.1) is 17.2 Å². The molecular formula is C14H19N5O2. The molecular weight excluding hydrogens is 270 g/mol. The number of nitrogens with zero attached hydrogens (tertiary/aromatic N) is 4. The Bertz CT molecular complexity index is 665. The zero-order valence-electron chi connectivity index (χ0n) is 12.6. The summed E-state index contributed by atoms with van der Waals surface area (Å²) in [6.45, 7) is 8.51. The molecule has 2 aromatic rings. The second-order valence-corrected chi connectivity index (χ2v) is 5.27. The van der Waals surface area contributed by atoms with Gasteiger partial charge in [0.15, 0.2) is 0 Å². The molecule has 0 spiro atoms. The summed E-state index contributed by atoms with van der Waals surface area (Å²) in [6, 6.07) is 3.66. The zero-order valence-corrected chi connectivity index (χ0v) is 12.6. The minimum absolute atomic E-state index is 0.00393. The summed E-state index contributed by atoms with van der Waals surface area (Å²) >= 11 is 0. The number of rotatable bonds is 5. The van der Waals surface area contributed by atoms with Gasteiger partial charge >= 0.3 is 0 Å². The molecule has 2 heterocycles. The number of nitro groups is 1. The Morgan fingerprint density at radius 3 is 2.62 bits per heavy atom. The number of hydrogen-bond acceptors (Lipinski definition) is 5. The fourth-order valence-electron chi connectivity index (χ4n) is 2.21. The van der Waals surface area contributed by atoms with Crippen molar-refractivity contribution in [2.24, 2.45) is 0 Å². The third-order valence-electron chi connectivity index (χ3n) is 3.21. The molecule has 7 nitrogen and oxygen atoms in total. The maximum absolute atomic E-state index is 10.7. The van der Waals surface area contributed by atoms with E-state index in [-0.39, 0.29) is 11.7 Å². The van der Waals surface area contributed by atoms with Crippen LogP contribution in [-0.2, 0) is 6.54 Å². The molecule has 0 bridgehead atoms. The molecule has 112 valence electrons. The van der Waals surface area contributed by atoms with E-state index in [9.17, 15) is 10.1 Å². The van der Waals surface area contributed by atoms with Crippen molar-refractivity contribution in [3.05, 3.63) is 45.4 Å². The van der Waals surface area contributed by atoms with Crippen LogP contribution in [0.5, 0.6) is 0 Å². The van der Waals surface area contributed by atoms with Gasteiger partial charge in [-0.25, -0.2) is 4.98 Å². The minimum atomic E-state index is -0.441. The zero-order chi connectivity index (χ0) is 15.6. The van der Waals surface area contributed by atoms with Crippen LogP contribution in [0.4, 0.5) is 11.5 Å². The molecule has 0 aliphatic rings. The van der Waals surface area contributed by atoms with Crippen LogP contribution in [0.1, 0.15) is 23.9 Å². The lowest BCUT2D eigenvalue weighted by Gasteiger charge is -2.16. The van der Waals surface area contributed by atoms with Gasteiger partial charge in [-0.3, -0.25) is 14.8 Å². The van der Waals surface area contributed by atoms with Crippen LogP contribution < -0.4 is 5.32 Å². The highest BCUT2D eigenvalue weighted by molar-refractivity contribution is 5.48. The van der Waals surface area contributed by atoms with Crippen molar-refractivity contribution in [3.63, 3.8) is 0 Å². The highest BCUT2D eigenvalue weighted by Gasteiger charge is 2.12. The fourth-order valence-corrected chi connectivity index (χ4v) is 2.21. The van der Waals surface area contributed by atoms with Gasteiger partial charge in [-0.15, -0.1) is 0 Å². The maximum Gasteiger partial charge on any atom is 0.287 e. The van der Waals surface area contributed by atoms with E-state index in [1.54, 1.807) is 6.92 Å². The van der Waals surface area contributed by atoms with E-state index in [1.807, 2.05) is 31.5 Å². The van der Waals surface area contributed by atoms with Crippen LogP contribution >= 0.6 is 0 Å². The summed E-state index contributed by atoms with van der Waals surface area (Å²) in [7, 11) is 0. The lowest BCUT2D eigenvalue weighted by Crippen LogP contribution is -2.24. The van der Waals surface area contributed by atoms with Crippen molar-refractivity contribution >= 4 is 11.5 Å². The van der Waals surface area contributed by atoms with Crippen molar-refractivity contribution in [2.45, 2.75) is 40.3 Å². The van der Waals surface area contributed by atoms with Crippen molar-refractivity contribution in [2.75, 3.05) is 5.32 Å². The molecule has 0 saturated carbocycles. The van der Waals surface area contributed by atoms with Crippen LogP contribution in [0.15, 0.2) is 18.3 Å². The van der Waals surface area contributed by atoms with E-state index in [0.717, 1.165) is 17.0 Å². The Kier molecular flexibility index (Phi) is 4.21. The van der Waals surface area contributed by atoms with Crippen molar-refractivity contribution in [3.8, 4) is 0 Å². The summed E-state index contributed by atoms with van der Waals surface area (Å²) in [5.41, 5.74) is 2.85. The summed E-state index contributed by atoms with van der Waals surface area (Å²) in [6.07, 6.45) is 1.27. The van der Waals surface area contributed by atoms with E-state index in [4.69, 9.17) is 0 Å². The Morgan fingerprint density at radius 1 is 1.38 bits per heavy atom. The van der Waals surface area contributed by atoms with E-state index < -0.39 is 4.92 Å². The highest BCUT2D eigenvalue weighted by Crippen LogP contribution is 2.18. The summed E-state index contributed by atoms with van der Waals surface area (Å²) in [5, 5.41) is 18.4. The third-order valence-corrected chi connectivity index (χ3v) is 3.21. The first-order valence-corrected chi connectivity index (χ1v) is 6.75. The second kappa shape index (κ2) is 5.90. The molecule has 7 heteroatoms. The van der Waals surface area contributed by atoms with Crippen LogP contribution in [0.3, 0.4) is 0 Å². The molecule has 21 heavy (non-hydrogen) atoms. The van der Waals surface area contributed by atoms with Gasteiger partial charge < -0.3 is 5.32 Å². The normalized spacial score (nSPS) is 12.2. The Hall–Kier alpha value is -2.44. The minimum Gasteiger partial charge on any atom is -0.366 e. The second-order valence-electron chi connectivity index (χ2n) is 5.27. The lowest BCUT2D eigenvalue weighted by molar-refractivity contribution is -0.385. The average molecular weight is 289 g/mol. The smallest absolute Gasteiger partial charge is 0.287 e.